The summed E-state index contributed by atoms with van der Waals surface area (Å²) in [6, 6.07) is 12.5. The van der Waals surface area contributed by atoms with Crippen LogP contribution in [0.15, 0.2) is 47.1 Å². The van der Waals surface area contributed by atoms with Crippen LogP contribution < -0.4 is 14.8 Å². The predicted molar refractivity (Wildman–Crippen MR) is 101 cm³/mol. The Morgan fingerprint density at radius 3 is 2.75 bits per heavy atom. The Labute approximate surface area is 150 Å². The summed E-state index contributed by atoms with van der Waals surface area (Å²) in [7, 11) is 3.29. The zero-order chi connectivity index (χ0) is 16.9. The first kappa shape index (κ1) is 16.9. The second-order valence-electron chi connectivity index (χ2n) is 5.60. The molecule has 0 amide bonds. The number of halogens is 1. The predicted octanol–water partition coefficient (Wildman–Crippen LogP) is 4.28. The number of ether oxygens (including phenoxy) is 2. The van der Waals surface area contributed by atoms with Gasteiger partial charge in [0.2, 0.25) is 0 Å². The van der Waals surface area contributed by atoms with E-state index in [0.29, 0.717) is 0 Å². The molecule has 0 unspecified atom stereocenters. The molecule has 3 rings (SSSR count). The second-order valence-corrected chi connectivity index (χ2v) is 6.45. The number of hydrogen-bond donors (Lipinski definition) is 2. The van der Waals surface area contributed by atoms with Crippen molar-refractivity contribution in [3.63, 3.8) is 0 Å². The average Bonchev–Trinajstić information content (AvgIpc) is 3.01. The minimum Gasteiger partial charge on any atom is -0.493 e. The Balaban J connectivity index is 1.60. The van der Waals surface area contributed by atoms with Crippen LogP contribution >= 0.6 is 15.9 Å². The van der Waals surface area contributed by atoms with Crippen LogP contribution in [0.5, 0.6) is 11.5 Å². The number of nitrogens with one attached hydrogen (secondary N) is 2. The zero-order valence-electron chi connectivity index (χ0n) is 13.9. The first-order chi connectivity index (χ1) is 11.7. The van der Waals surface area contributed by atoms with Gasteiger partial charge in [0, 0.05) is 23.6 Å². The molecule has 0 aliphatic carbocycles. The third-order valence-corrected chi connectivity index (χ3v) is 4.66. The third kappa shape index (κ3) is 3.57. The van der Waals surface area contributed by atoms with Gasteiger partial charge in [0.25, 0.3) is 0 Å². The summed E-state index contributed by atoms with van der Waals surface area (Å²) >= 11 is 3.53. The summed E-state index contributed by atoms with van der Waals surface area (Å²) in [5, 5.41) is 4.79. The van der Waals surface area contributed by atoms with Crippen LogP contribution in [0.3, 0.4) is 0 Å². The first-order valence-corrected chi connectivity index (χ1v) is 8.68. The third-order valence-electron chi connectivity index (χ3n) is 4.07. The van der Waals surface area contributed by atoms with Crippen molar-refractivity contribution >= 4 is 26.8 Å². The molecule has 2 N–H and O–H groups in total. The van der Waals surface area contributed by atoms with Gasteiger partial charge < -0.3 is 19.8 Å². The van der Waals surface area contributed by atoms with E-state index >= 15 is 0 Å². The summed E-state index contributed by atoms with van der Waals surface area (Å²) in [5.74, 6) is 1.46. The van der Waals surface area contributed by atoms with Gasteiger partial charge in [-0.25, -0.2) is 0 Å². The number of aromatic nitrogens is 1. The number of H-pyrrole nitrogens is 1. The number of para-hydroxylation sites is 1. The first-order valence-electron chi connectivity index (χ1n) is 7.89. The highest BCUT2D eigenvalue weighted by molar-refractivity contribution is 9.10. The molecule has 0 fully saturated rings. The molecule has 4 nitrogen and oxygen atoms in total. The van der Waals surface area contributed by atoms with Crippen molar-refractivity contribution in [1.29, 1.82) is 0 Å². The van der Waals surface area contributed by atoms with Gasteiger partial charge in [0.05, 0.1) is 18.7 Å². The number of rotatable bonds is 7. The van der Waals surface area contributed by atoms with E-state index in [1.165, 1.54) is 16.5 Å². The number of fused-ring (bicyclic) bond motifs is 1. The van der Waals surface area contributed by atoms with E-state index < -0.39 is 0 Å². The number of benzene rings is 2. The molecule has 3 aromatic rings. The van der Waals surface area contributed by atoms with E-state index in [1.54, 1.807) is 14.2 Å². The van der Waals surface area contributed by atoms with Crippen molar-refractivity contribution in [1.82, 2.24) is 10.3 Å². The summed E-state index contributed by atoms with van der Waals surface area (Å²) in [6.45, 7) is 1.69. The van der Waals surface area contributed by atoms with Crippen molar-refractivity contribution in [3.05, 3.63) is 58.2 Å². The van der Waals surface area contributed by atoms with Gasteiger partial charge in [-0.05, 0) is 58.2 Å². The fourth-order valence-electron chi connectivity index (χ4n) is 2.87. The average molecular weight is 389 g/mol. The van der Waals surface area contributed by atoms with Crippen LogP contribution in [-0.2, 0) is 13.0 Å². The molecule has 0 radical (unpaired) electrons. The summed E-state index contributed by atoms with van der Waals surface area (Å²) < 4.78 is 11.6. The molecule has 1 heterocycles. The van der Waals surface area contributed by atoms with Crippen molar-refractivity contribution in [3.8, 4) is 11.5 Å². The highest BCUT2D eigenvalue weighted by Crippen LogP contribution is 2.36. The van der Waals surface area contributed by atoms with Gasteiger partial charge in [0.15, 0.2) is 11.5 Å². The normalized spacial score (nSPS) is 11.0. The SMILES string of the molecule is COc1cc(CNCCc2c[nH]c3ccccc23)cc(Br)c1OC. The van der Waals surface area contributed by atoms with E-state index in [9.17, 15) is 0 Å². The van der Waals surface area contributed by atoms with Crippen LogP contribution in [0.1, 0.15) is 11.1 Å². The molecule has 0 aliphatic rings. The van der Waals surface area contributed by atoms with Crippen molar-refractivity contribution in [2.24, 2.45) is 0 Å². The molecule has 5 heteroatoms. The van der Waals surface area contributed by atoms with Gasteiger partial charge >= 0.3 is 0 Å². The van der Waals surface area contributed by atoms with Gasteiger partial charge in [-0.2, -0.15) is 0 Å². The van der Waals surface area contributed by atoms with Crippen LogP contribution in [0, 0.1) is 0 Å². The Morgan fingerprint density at radius 2 is 1.96 bits per heavy atom. The second kappa shape index (κ2) is 7.73. The maximum Gasteiger partial charge on any atom is 0.174 e. The van der Waals surface area contributed by atoms with Crippen molar-refractivity contribution < 1.29 is 9.47 Å². The summed E-state index contributed by atoms with van der Waals surface area (Å²) in [5.41, 5.74) is 3.68. The molecule has 0 spiro atoms. The summed E-state index contributed by atoms with van der Waals surface area (Å²) in [6.07, 6.45) is 3.08. The van der Waals surface area contributed by atoms with E-state index in [-0.39, 0.29) is 0 Å². The van der Waals surface area contributed by atoms with E-state index in [0.717, 1.165) is 41.0 Å². The fourth-order valence-corrected chi connectivity index (χ4v) is 3.52. The lowest BCUT2D eigenvalue weighted by Crippen LogP contribution is -2.16. The number of hydrogen-bond acceptors (Lipinski definition) is 3. The van der Waals surface area contributed by atoms with Gasteiger partial charge in [0.1, 0.15) is 0 Å². The van der Waals surface area contributed by atoms with Gasteiger partial charge in [-0.15, -0.1) is 0 Å². The molecule has 0 bridgehead atoms. The van der Waals surface area contributed by atoms with Crippen LogP contribution in [0.4, 0.5) is 0 Å². The lowest BCUT2D eigenvalue weighted by atomic mass is 10.1. The van der Waals surface area contributed by atoms with Crippen molar-refractivity contribution in [2.45, 2.75) is 13.0 Å². The molecule has 2 aromatic carbocycles. The van der Waals surface area contributed by atoms with Gasteiger partial charge in [-0.3, -0.25) is 0 Å². The van der Waals surface area contributed by atoms with Crippen molar-refractivity contribution in [2.75, 3.05) is 20.8 Å². The number of methoxy groups -OCH3 is 2. The monoisotopic (exact) mass is 388 g/mol. The molecular weight excluding hydrogens is 368 g/mol. The Hall–Kier alpha value is -1.98. The lowest BCUT2D eigenvalue weighted by molar-refractivity contribution is 0.352. The minimum atomic E-state index is 0.722. The minimum absolute atomic E-state index is 0.722. The summed E-state index contributed by atoms with van der Waals surface area (Å²) in [4.78, 5) is 3.32. The smallest absolute Gasteiger partial charge is 0.174 e. The highest BCUT2D eigenvalue weighted by atomic mass is 79.9. The molecule has 24 heavy (non-hydrogen) atoms. The Bertz CT molecular complexity index is 829. The highest BCUT2D eigenvalue weighted by Gasteiger charge is 2.10. The molecule has 0 saturated carbocycles. The Kier molecular flexibility index (Phi) is 5.43. The maximum absolute atomic E-state index is 5.38. The molecule has 0 atom stereocenters. The lowest BCUT2D eigenvalue weighted by Gasteiger charge is -2.12. The maximum atomic E-state index is 5.38. The molecular formula is C19H21BrN2O2. The quantitative estimate of drug-likeness (QED) is 0.593. The Morgan fingerprint density at radius 1 is 1.12 bits per heavy atom. The molecule has 0 saturated heterocycles. The van der Waals surface area contributed by atoms with Crippen LogP contribution in [-0.4, -0.2) is 25.7 Å². The molecule has 0 aliphatic heterocycles. The fraction of sp³-hybridized carbons (Fsp3) is 0.263. The zero-order valence-corrected chi connectivity index (χ0v) is 15.4. The van der Waals surface area contributed by atoms with Crippen LogP contribution in [0.25, 0.3) is 10.9 Å². The number of aromatic amines is 1. The molecule has 126 valence electrons. The van der Waals surface area contributed by atoms with Crippen LogP contribution in [0.2, 0.25) is 0 Å². The van der Waals surface area contributed by atoms with Gasteiger partial charge in [-0.1, -0.05) is 18.2 Å². The van der Waals surface area contributed by atoms with E-state index in [1.807, 2.05) is 6.07 Å². The standard InChI is InChI=1S/C19H21BrN2O2/c1-23-18-10-13(9-16(20)19(18)24-2)11-21-8-7-14-12-22-17-6-4-3-5-15(14)17/h3-6,9-10,12,21-22H,7-8,11H2,1-2H3. The largest absolute Gasteiger partial charge is 0.493 e. The molecule has 1 aromatic heterocycles. The topological polar surface area (TPSA) is 46.3 Å². The van der Waals surface area contributed by atoms with E-state index in [4.69, 9.17) is 9.47 Å². The van der Waals surface area contributed by atoms with E-state index in [2.05, 4.69) is 62.8 Å².